The fourth-order valence-electron chi connectivity index (χ4n) is 3.69. The fourth-order valence-corrected chi connectivity index (χ4v) is 3.69. The molecule has 0 bridgehead atoms. The van der Waals surface area contributed by atoms with Gasteiger partial charge in [0.25, 0.3) is 0 Å². The van der Waals surface area contributed by atoms with Gasteiger partial charge in [0.1, 0.15) is 11.9 Å². The Labute approximate surface area is 125 Å². The molecule has 116 valence electrons. The molecular weight excluding hydrogens is 268 g/mol. The number of Topliss-reactive ketones (excluding diaryl/α,β-unsaturated/α-hetero) is 1. The van der Waals surface area contributed by atoms with Gasteiger partial charge in [0.05, 0.1) is 5.92 Å². The minimum absolute atomic E-state index is 0.0958. The summed E-state index contributed by atoms with van der Waals surface area (Å²) in [5, 5.41) is 4.11. The summed E-state index contributed by atoms with van der Waals surface area (Å²) in [4.78, 5) is 16.5. The van der Waals surface area contributed by atoms with Gasteiger partial charge in [-0.3, -0.25) is 4.79 Å². The Hall–Kier alpha value is -1.23. The van der Waals surface area contributed by atoms with E-state index < -0.39 is 0 Å². The highest BCUT2D eigenvalue weighted by molar-refractivity contribution is 5.85. The second-order valence-electron chi connectivity index (χ2n) is 6.31. The van der Waals surface area contributed by atoms with Gasteiger partial charge in [-0.2, -0.15) is 4.98 Å². The summed E-state index contributed by atoms with van der Waals surface area (Å²) >= 11 is 0. The Kier molecular flexibility index (Phi) is 4.68. The highest BCUT2D eigenvalue weighted by atomic mass is 16.5. The molecule has 5 nitrogen and oxygen atoms in total. The average molecular weight is 292 g/mol. The predicted octanol–water partition coefficient (Wildman–Crippen LogP) is 3.56. The maximum atomic E-state index is 12.0. The zero-order valence-electron chi connectivity index (χ0n) is 12.7. The summed E-state index contributed by atoms with van der Waals surface area (Å²) in [6.07, 6.45) is 9.54. The monoisotopic (exact) mass is 292 g/mol. The number of ketones is 1. The third-order valence-corrected chi connectivity index (χ3v) is 4.90. The van der Waals surface area contributed by atoms with Crippen molar-refractivity contribution < 1.29 is 14.1 Å². The van der Waals surface area contributed by atoms with Crippen molar-refractivity contribution in [1.82, 2.24) is 10.1 Å². The zero-order chi connectivity index (χ0) is 14.7. The first-order chi connectivity index (χ1) is 10.3. The number of carbonyl (C=O) groups is 1. The van der Waals surface area contributed by atoms with Gasteiger partial charge in [-0.25, -0.2) is 0 Å². The Balaban J connectivity index is 1.74. The summed E-state index contributed by atoms with van der Waals surface area (Å²) in [6, 6.07) is 0. The first-order valence-corrected chi connectivity index (χ1v) is 8.18. The van der Waals surface area contributed by atoms with Gasteiger partial charge in [0.2, 0.25) is 11.7 Å². The Morgan fingerprint density at radius 2 is 1.90 bits per heavy atom. The largest absolute Gasteiger partial charge is 0.373 e. The molecule has 5 heteroatoms. The van der Waals surface area contributed by atoms with Gasteiger partial charge in [0.15, 0.2) is 0 Å². The number of hydrogen-bond acceptors (Lipinski definition) is 5. The van der Waals surface area contributed by atoms with Crippen molar-refractivity contribution >= 4 is 5.78 Å². The summed E-state index contributed by atoms with van der Waals surface area (Å²) in [6.45, 7) is 0. The van der Waals surface area contributed by atoms with Crippen LogP contribution in [0.15, 0.2) is 4.52 Å². The molecular formula is C16H24N2O3. The minimum atomic E-state index is -0.191. The number of nitrogens with zero attached hydrogens (tertiary/aromatic N) is 2. The normalized spacial score (nSPS) is 26.0. The molecule has 0 aliphatic heterocycles. The van der Waals surface area contributed by atoms with Gasteiger partial charge >= 0.3 is 0 Å². The van der Waals surface area contributed by atoms with E-state index in [1.54, 1.807) is 7.11 Å². The molecule has 0 aromatic carbocycles. The van der Waals surface area contributed by atoms with E-state index in [-0.39, 0.29) is 17.8 Å². The zero-order valence-corrected chi connectivity index (χ0v) is 12.7. The smallest absolute Gasteiger partial charge is 0.237 e. The van der Waals surface area contributed by atoms with E-state index in [1.807, 2.05) is 0 Å². The Morgan fingerprint density at radius 3 is 2.62 bits per heavy atom. The number of aromatic nitrogens is 2. The Morgan fingerprint density at radius 1 is 1.14 bits per heavy atom. The lowest BCUT2D eigenvalue weighted by molar-refractivity contribution is -0.122. The molecule has 0 radical (unpaired) electrons. The maximum Gasteiger partial charge on any atom is 0.237 e. The lowest BCUT2D eigenvalue weighted by Crippen LogP contribution is -2.20. The molecule has 2 unspecified atom stereocenters. The van der Waals surface area contributed by atoms with Crippen LogP contribution in [0.2, 0.25) is 0 Å². The molecule has 21 heavy (non-hydrogen) atoms. The third-order valence-electron chi connectivity index (χ3n) is 4.90. The minimum Gasteiger partial charge on any atom is -0.373 e. The van der Waals surface area contributed by atoms with E-state index >= 15 is 0 Å². The summed E-state index contributed by atoms with van der Waals surface area (Å²) in [5.41, 5.74) is 0. The quantitative estimate of drug-likeness (QED) is 0.848. The highest BCUT2D eigenvalue weighted by Gasteiger charge is 2.33. The van der Waals surface area contributed by atoms with Crippen LogP contribution < -0.4 is 0 Å². The molecule has 0 N–H and O–H groups in total. The maximum absolute atomic E-state index is 12.0. The Bertz CT molecular complexity index is 480. The average Bonchev–Trinajstić information content (AvgIpc) is 2.99. The van der Waals surface area contributed by atoms with Crippen LogP contribution in [0.3, 0.4) is 0 Å². The fraction of sp³-hybridized carbons (Fsp3) is 0.812. The van der Waals surface area contributed by atoms with Gasteiger partial charge in [-0.05, 0) is 31.6 Å². The standard InChI is InChI=1S/C16H24N2O3/c1-20-14(11-7-3-2-4-8-11)15-17-16(21-18-15)12-9-5-6-10-13(12)19/h11-12,14H,2-10H2,1H3. The first kappa shape index (κ1) is 14.7. The molecule has 1 heterocycles. The van der Waals surface area contributed by atoms with Gasteiger partial charge < -0.3 is 9.26 Å². The number of hydrogen-bond donors (Lipinski definition) is 0. The lowest BCUT2D eigenvalue weighted by Gasteiger charge is -2.26. The first-order valence-electron chi connectivity index (χ1n) is 8.18. The van der Waals surface area contributed by atoms with Crippen molar-refractivity contribution in [1.29, 1.82) is 0 Å². The van der Waals surface area contributed by atoms with Crippen LogP contribution in [0.1, 0.15) is 81.5 Å². The molecule has 2 saturated carbocycles. The lowest BCUT2D eigenvalue weighted by atomic mass is 9.85. The molecule has 0 amide bonds. The van der Waals surface area contributed by atoms with Crippen molar-refractivity contribution in [3.8, 4) is 0 Å². The number of carbonyl (C=O) groups excluding carboxylic acids is 1. The molecule has 3 rings (SSSR count). The van der Waals surface area contributed by atoms with Gasteiger partial charge in [0, 0.05) is 13.5 Å². The van der Waals surface area contributed by atoms with Crippen LogP contribution in [0.25, 0.3) is 0 Å². The van der Waals surface area contributed by atoms with Crippen molar-refractivity contribution in [2.45, 2.75) is 69.8 Å². The van der Waals surface area contributed by atoms with E-state index in [0.717, 1.165) is 32.1 Å². The molecule has 1 aromatic rings. The second kappa shape index (κ2) is 6.69. The molecule has 0 spiro atoms. The van der Waals surface area contributed by atoms with Crippen molar-refractivity contribution in [3.05, 3.63) is 11.7 Å². The van der Waals surface area contributed by atoms with E-state index in [9.17, 15) is 4.79 Å². The van der Waals surface area contributed by atoms with Crippen LogP contribution in [-0.4, -0.2) is 23.0 Å². The molecule has 2 aliphatic carbocycles. The summed E-state index contributed by atoms with van der Waals surface area (Å²) < 4.78 is 11.0. The number of methoxy groups -OCH3 is 1. The van der Waals surface area contributed by atoms with E-state index in [1.165, 1.54) is 19.3 Å². The van der Waals surface area contributed by atoms with Crippen molar-refractivity contribution in [2.24, 2.45) is 5.92 Å². The van der Waals surface area contributed by atoms with Crippen LogP contribution in [0.5, 0.6) is 0 Å². The van der Waals surface area contributed by atoms with Crippen LogP contribution in [0, 0.1) is 5.92 Å². The van der Waals surface area contributed by atoms with Crippen LogP contribution in [-0.2, 0) is 9.53 Å². The van der Waals surface area contributed by atoms with E-state index in [4.69, 9.17) is 9.26 Å². The molecule has 2 atom stereocenters. The third kappa shape index (κ3) is 3.18. The van der Waals surface area contributed by atoms with Crippen molar-refractivity contribution in [2.75, 3.05) is 7.11 Å². The predicted molar refractivity (Wildman–Crippen MR) is 76.8 cm³/mol. The van der Waals surface area contributed by atoms with Gasteiger partial charge in [-0.1, -0.05) is 30.8 Å². The number of ether oxygens (including phenoxy) is 1. The topological polar surface area (TPSA) is 65.2 Å². The van der Waals surface area contributed by atoms with Crippen LogP contribution in [0.4, 0.5) is 0 Å². The number of rotatable bonds is 4. The van der Waals surface area contributed by atoms with Crippen LogP contribution >= 0.6 is 0 Å². The molecule has 0 saturated heterocycles. The molecule has 2 aliphatic rings. The second-order valence-corrected chi connectivity index (χ2v) is 6.31. The SMILES string of the molecule is COC(c1noc(C2CCCCC2=O)n1)C1CCCCC1. The molecule has 2 fully saturated rings. The summed E-state index contributed by atoms with van der Waals surface area (Å²) in [5.74, 6) is 1.63. The van der Waals surface area contributed by atoms with E-state index in [2.05, 4.69) is 10.1 Å². The van der Waals surface area contributed by atoms with E-state index in [0.29, 0.717) is 24.1 Å². The van der Waals surface area contributed by atoms with Crippen molar-refractivity contribution in [3.63, 3.8) is 0 Å². The molecule has 1 aromatic heterocycles. The summed E-state index contributed by atoms with van der Waals surface area (Å²) in [7, 11) is 1.71. The highest BCUT2D eigenvalue weighted by Crippen LogP contribution is 2.36. The van der Waals surface area contributed by atoms with Gasteiger partial charge in [-0.15, -0.1) is 0 Å².